The highest BCUT2D eigenvalue weighted by atomic mass is 16.5. The first-order valence-corrected chi connectivity index (χ1v) is 9.07. The van der Waals surface area contributed by atoms with Crippen molar-refractivity contribution in [2.75, 3.05) is 6.61 Å². The SMILES string of the molecule is CCn1nc(C)c(-c2nnc([C@@H]3CCCO[C@H]3c3ccnn3C)o2)c1C. The van der Waals surface area contributed by atoms with E-state index < -0.39 is 0 Å². The van der Waals surface area contributed by atoms with E-state index in [1.807, 2.05) is 36.3 Å². The Morgan fingerprint density at radius 1 is 1.27 bits per heavy atom. The minimum atomic E-state index is -0.120. The molecule has 3 aromatic rings. The molecule has 0 unspecified atom stereocenters. The molecule has 0 aliphatic carbocycles. The molecule has 26 heavy (non-hydrogen) atoms. The van der Waals surface area contributed by atoms with Crippen LogP contribution in [-0.2, 0) is 18.3 Å². The van der Waals surface area contributed by atoms with E-state index in [0.29, 0.717) is 11.8 Å². The maximum atomic E-state index is 6.11. The lowest BCUT2D eigenvalue weighted by Gasteiger charge is -2.29. The van der Waals surface area contributed by atoms with E-state index in [1.54, 1.807) is 6.20 Å². The van der Waals surface area contributed by atoms with Crippen molar-refractivity contribution in [2.24, 2.45) is 7.05 Å². The fourth-order valence-electron chi connectivity index (χ4n) is 3.79. The number of hydrogen-bond donors (Lipinski definition) is 0. The topological polar surface area (TPSA) is 83.8 Å². The van der Waals surface area contributed by atoms with Gasteiger partial charge in [0.15, 0.2) is 0 Å². The summed E-state index contributed by atoms with van der Waals surface area (Å²) in [6.45, 7) is 7.62. The maximum absolute atomic E-state index is 6.11. The smallest absolute Gasteiger partial charge is 0.251 e. The van der Waals surface area contributed by atoms with Gasteiger partial charge in [-0.2, -0.15) is 10.2 Å². The van der Waals surface area contributed by atoms with Gasteiger partial charge < -0.3 is 9.15 Å². The molecule has 4 rings (SSSR count). The fraction of sp³-hybridized carbons (Fsp3) is 0.556. The van der Waals surface area contributed by atoms with Crippen molar-refractivity contribution in [3.63, 3.8) is 0 Å². The van der Waals surface area contributed by atoms with E-state index in [2.05, 4.69) is 27.3 Å². The number of hydrogen-bond acceptors (Lipinski definition) is 6. The lowest BCUT2D eigenvalue weighted by atomic mass is 9.92. The van der Waals surface area contributed by atoms with E-state index in [0.717, 1.165) is 48.6 Å². The average molecular weight is 356 g/mol. The molecule has 0 spiro atoms. The summed E-state index contributed by atoms with van der Waals surface area (Å²) in [4.78, 5) is 0. The van der Waals surface area contributed by atoms with Gasteiger partial charge in [-0.3, -0.25) is 9.36 Å². The summed E-state index contributed by atoms with van der Waals surface area (Å²) in [6, 6.07) is 1.99. The number of nitrogens with zero attached hydrogens (tertiary/aromatic N) is 6. The van der Waals surface area contributed by atoms with Gasteiger partial charge >= 0.3 is 0 Å². The quantitative estimate of drug-likeness (QED) is 0.715. The predicted molar refractivity (Wildman–Crippen MR) is 94.5 cm³/mol. The van der Waals surface area contributed by atoms with Crippen LogP contribution in [0.2, 0.25) is 0 Å². The van der Waals surface area contributed by atoms with Crippen molar-refractivity contribution in [2.45, 2.75) is 52.2 Å². The van der Waals surface area contributed by atoms with Gasteiger partial charge in [-0.05, 0) is 39.7 Å². The molecule has 0 saturated carbocycles. The predicted octanol–water partition coefficient (Wildman–Crippen LogP) is 2.94. The molecule has 0 N–H and O–H groups in total. The van der Waals surface area contributed by atoms with Crippen LogP contribution in [-0.4, -0.2) is 36.4 Å². The second-order valence-electron chi connectivity index (χ2n) is 6.73. The van der Waals surface area contributed by atoms with Crippen molar-refractivity contribution >= 4 is 0 Å². The van der Waals surface area contributed by atoms with Gasteiger partial charge in [-0.1, -0.05) is 0 Å². The van der Waals surface area contributed by atoms with Gasteiger partial charge in [0.25, 0.3) is 5.89 Å². The molecule has 0 radical (unpaired) electrons. The van der Waals surface area contributed by atoms with Crippen LogP contribution >= 0.6 is 0 Å². The molecule has 2 atom stereocenters. The van der Waals surface area contributed by atoms with Crippen LogP contribution < -0.4 is 0 Å². The van der Waals surface area contributed by atoms with Crippen molar-refractivity contribution in [1.82, 2.24) is 29.8 Å². The molecule has 8 nitrogen and oxygen atoms in total. The van der Waals surface area contributed by atoms with Crippen LogP contribution in [0.5, 0.6) is 0 Å². The summed E-state index contributed by atoms with van der Waals surface area (Å²) < 4.78 is 16.0. The molecular weight excluding hydrogens is 332 g/mol. The van der Waals surface area contributed by atoms with Crippen molar-refractivity contribution < 1.29 is 9.15 Å². The Hall–Kier alpha value is -2.48. The molecule has 3 aromatic heterocycles. The molecule has 1 aliphatic rings. The molecule has 1 fully saturated rings. The molecule has 1 saturated heterocycles. The Balaban J connectivity index is 1.69. The Kier molecular flexibility index (Phi) is 4.36. The summed E-state index contributed by atoms with van der Waals surface area (Å²) in [6.07, 6.45) is 3.59. The number of rotatable bonds is 4. The standard InChI is InChI=1S/C18H24N6O2/c1-5-24-12(3)15(11(2)22-24)18-21-20-17(26-18)13-7-6-10-25-16(13)14-8-9-19-23(14)4/h8-9,13,16H,5-7,10H2,1-4H3/t13-,16-/m1/s1. The zero-order valence-corrected chi connectivity index (χ0v) is 15.6. The summed E-state index contributed by atoms with van der Waals surface area (Å²) >= 11 is 0. The third-order valence-corrected chi connectivity index (χ3v) is 5.13. The largest absolute Gasteiger partial charge is 0.420 e. The molecular formula is C18H24N6O2. The molecule has 0 aromatic carbocycles. The summed E-state index contributed by atoms with van der Waals surface area (Å²) in [5, 5.41) is 17.5. The van der Waals surface area contributed by atoms with Crippen LogP contribution in [0.4, 0.5) is 0 Å². The maximum Gasteiger partial charge on any atom is 0.251 e. The van der Waals surface area contributed by atoms with Gasteiger partial charge in [0.2, 0.25) is 5.89 Å². The number of ether oxygens (including phenoxy) is 1. The van der Waals surface area contributed by atoms with E-state index in [1.165, 1.54) is 0 Å². The van der Waals surface area contributed by atoms with Crippen molar-refractivity contribution in [3.8, 4) is 11.5 Å². The van der Waals surface area contributed by atoms with Crippen LogP contribution in [0.25, 0.3) is 11.5 Å². The third kappa shape index (κ3) is 2.74. The van der Waals surface area contributed by atoms with Crippen LogP contribution in [0.15, 0.2) is 16.7 Å². The second kappa shape index (κ2) is 6.68. The summed E-state index contributed by atoms with van der Waals surface area (Å²) in [7, 11) is 1.93. The molecule has 1 aliphatic heterocycles. The van der Waals surface area contributed by atoms with Gasteiger partial charge in [-0.15, -0.1) is 10.2 Å². The lowest BCUT2D eigenvalue weighted by molar-refractivity contribution is -0.0135. The van der Waals surface area contributed by atoms with Crippen LogP contribution in [0, 0.1) is 13.8 Å². The highest BCUT2D eigenvalue weighted by molar-refractivity contribution is 5.59. The van der Waals surface area contributed by atoms with Crippen molar-refractivity contribution in [3.05, 3.63) is 35.2 Å². The van der Waals surface area contributed by atoms with E-state index in [-0.39, 0.29) is 12.0 Å². The fourth-order valence-corrected chi connectivity index (χ4v) is 3.79. The highest BCUT2D eigenvalue weighted by Crippen LogP contribution is 2.40. The summed E-state index contributed by atoms with van der Waals surface area (Å²) in [5.41, 5.74) is 3.91. The zero-order valence-electron chi connectivity index (χ0n) is 15.6. The van der Waals surface area contributed by atoms with E-state index in [9.17, 15) is 0 Å². The van der Waals surface area contributed by atoms with E-state index >= 15 is 0 Å². The Bertz CT molecular complexity index is 909. The molecule has 0 amide bonds. The second-order valence-corrected chi connectivity index (χ2v) is 6.73. The van der Waals surface area contributed by atoms with Gasteiger partial charge in [0.1, 0.15) is 6.10 Å². The van der Waals surface area contributed by atoms with Gasteiger partial charge in [-0.25, -0.2) is 0 Å². The summed E-state index contributed by atoms with van der Waals surface area (Å²) in [5.74, 6) is 1.18. The first-order valence-electron chi connectivity index (χ1n) is 9.07. The third-order valence-electron chi connectivity index (χ3n) is 5.13. The number of aryl methyl sites for hydroxylation is 3. The normalized spacial score (nSPS) is 20.6. The zero-order chi connectivity index (χ0) is 18.3. The molecule has 4 heterocycles. The number of aromatic nitrogens is 6. The molecule has 138 valence electrons. The minimum Gasteiger partial charge on any atom is -0.420 e. The van der Waals surface area contributed by atoms with Crippen LogP contribution in [0.1, 0.15) is 54.8 Å². The van der Waals surface area contributed by atoms with Crippen LogP contribution in [0.3, 0.4) is 0 Å². The Labute approximate surface area is 152 Å². The average Bonchev–Trinajstić information content (AvgIpc) is 3.34. The van der Waals surface area contributed by atoms with Gasteiger partial charge in [0, 0.05) is 32.1 Å². The lowest BCUT2D eigenvalue weighted by Crippen LogP contribution is -2.23. The monoisotopic (exact) mass is 356 g/mol. The first kappa shape index (κ1) is 17.0. The Morgan fingerprint density at radius 2 is 2.12 bits per heavy atom. The van der Waals surface area contributed by atoms with Crippen molar-refractivity contribution in [1.29, 1.82) is 0 Å². The molecule has 0 bridgehead atoms. The minimum absolute atomic E-state index is 0.0298. The first-order chi connectivity index (χ1) is 12.6. The molecule has 8 heteroatoms. The Morgan fingerprint density at radius 3 is 2.81 bits per heavy atom. The highest BCUT2D eigenvalue weighted by Gasteiger charge is 2.35. The van der Waals surface area contributed by atoms with Gasteiger partial charge in [0.05, 0.1) is 22.9 Å². The van der Waals surface area contributed by atoms with E-state index in [4.69, 9.17) is 9.15 Å².